The highest BCUT2D eigenvalue weighted by Crippen LogP contribution is 2.08. The van der Waals surface area contributed by atoms with Crippen LogP contribution < -0.4 is 5.32 Å². The maximum Gasteiger partial charge on any atom is 0.151 e. The van der Waals surface area contributed by atoms with Gasteiger partial charge in [0.25, 0.3) is 0 Å². The normalized spacial score (nSPS) is 10.5. The lowest BCUT2D eigenvalue weighted by Gasteiger charge is -2.04. The zero-order valence-corrected chi connectivity index (χ0v) is 10.3. The molecule has 2 rings (SSSR count). The SMILES string of the molecule is Cc1[nH]ncc1CCCNc1ccc(Cl)nn1. The van der Waals surface area contributed by atoms with Crippen molar-refractivity contribution in [3.8, 4) is 0 Å². The number of hydrogen-bond acceptors (Lipinski definition) is 4. The largest absolute Gasteiger partial charge is 0.369 e. The number of anilines is 1. The number of aromatic amines is 1. The van der Waals surface area contributed by atoms with Gasteiger partial charge in [0.15, 0.2) is 5.15 Å². The molecule has 6 heteroatoms. The van der Waals surface area contributed by atoms with Crippen molar-refractivity contribution in [3.63, 3.8) is 0 Å². The van der Waals surface area contributed by atoms with Crippen molar-refractivity contribution in [1.29, 1.82) is 0 Å². The van der Waals surface area contributed by atoms with E-state index >= 15 is 0 Å². The van der Waals surface area contributed by atoms with Crippen molar-refractivity contribution in [1.82, 2.24) is 20.4 Å². The molecule has 0 aliphatic heterocycles. The first-order valence-corrected chi connectivity index (χ1v) is 5.85. The summed E-state index contributed by atoms with van der Waals surface area (Å²) < 4.78 is 0. The summed E-state index contributed by atoms with van der Waals surface area (Å²) >= 11 is 5.65. The van der Waals surface area contributed by atoms with Gasteiger partial charge in [-0.2, -0.15) is 5.10 Å². The molecule has 2 aromatic rings. The van der Waals surface area contributed by atoms with Crippen molar-refractivity contribution in [2.45, 2.75) is 19.8 Å². The van der Waals surface area contributed by atoms with Crippen LogP contribution in [0.5, 0.6) is 0 Å². The van der Waals surface area contributed by atoms with Crippen LogP contribution >= 0.6 is 11.6 Å². The summed E-state index contributed by atoms with van der Waals surface area (Å²) in [6.07, 6.45) is 3.89. The second-order valence-electron chi connectivity index (χ2n) is 3.79. The van der Waals surface area contributed by atoms with Crippen molar-refractivity contribution in [2.24, 2.45) is 0 Å². The number of aromatic nitrogens is 4. The Balaban J connectivity index is 1.73. The average molecular weight is 252 g/mol. The van der Waals surface area contributed by atoms with E-state index in [4.69, 9.17) is 11.6 Å². The summed E-state index contributed by atoms with van der Waals surface area (Å²) in [6.45, 7) is 2.88. The fourth-order valence-electron chi connectivity index (χ4n) is 1.53. The van der Waals surface area contributed by atoms with Crippen molar-refractivity contribution in [2.75, 3.05) is 11.9 Å². The van der Waals surface area contributed by atoms with Crippen LogP contribution in [0.1, 0.15) is 17.7 Å². The van der Waals surface area contributed by atoms with Crippen molar-refractivity contribution in [3.05, 3.63) is 34.7 Å². The molecule has 0 fully saturated rings. The molecule has 17 heavy (non-hydrogen) atoms. The van der Waals surface area contributed by atoms with Crippen molar-refractivity contribution < 1.29 is 0 Å². The van der Waals surface area contributed by atoms with Gasteiger partial charge in [0.05, 0.1) is 6.20 Å². The summed E-state index contributed by atoms with van der Waals surface area (Å²) in [5, 5.41) is 18.2. The Labute approximate surface area is 105 Å². The molecule has 90 valence electrons. The molecular formula is C11H14ClN5. The van der Waals surface area contributed by atoms with Gasteiger partial charge in [-0.25, -0.2) is 0 Å². The van der Waals surface area contributed by atoms with Gasteiger partial charge in [-0.3, -0.25) is 5.10 Å². The summed E-state index contributed by atoms with van der Waals surface area (Å²) in [5.41, 5.74) is 2.39. The minimum absolute atomic E-state index is 0.407. The summed E-state index contributed by atoms with van der Waals surface area (Å²) in [4.78, 5) is 0. The zero-order valence-electron chi connectivity index (χ0n) is 9.57. The standard InChI is InChI=1S/C11H14ClN5/c1-8-9(7-14-15-8)3-2-6-13-11-5-4-10(12)16-17-11/h4-5,7H,2-3,6H2,1H3,(H,13,17)(H,14,15). The van der Waals surface area contributed by atoms with E-state index in [9.17, 15) is 0 Å². The second-order valence-corrected chi connectivity index (χ2v) is 4.18. The topological polar surface area (TPSA) is 66.5 Å². The molecule has 0 amide bonds. The lowest BCUT2D eigenvalue weighted by Crippen LogP contribution is -2.05. The van der Waals surface area contributed by atoms with E-state index in [1.165, 1.54) is 5.56 Å². The van der Waals surface area contributed by atoms with Crippen LogP contribution in [0.25, 0.3) is 0 Å². The molecule has 0 saturated heterocycles. The molecule has 2 N–H and O–H groups in total. The van der Waals surface area contributed by atoms with Gasteiger partial charge in [-0.15, -0.1) is 10.2 Å². The average Bonchev–Trinajstić information content (AvgIpc) is 2.73. The minimum Gasteiger partial charge on any atom is -0.369 e. The monoisotopic (exact) mass is 251 g/mol. The minimum atomic E-state index is 0.407. The Kier molecular flexibility index (Phi) is 3.93. The first-order valence-electron chi connectivity index (χ1n) is 5.47. The van der Waals surface area contributed by atoms with E-state index in [0.717, 1.165) is 30.9 Å². The second kappa shape index (κ2) is 5.63. The van der Waals surface area contributed by atoms with Gasteiger partial charge in [-0.1, -0.05) is 11.6 Å². The van der Waals surface area contributed by atoms with Crippen LogP contribution in [0.3, 0.4) is 0 Å². The number of rotatable bonds is 5. The summed E-state index contributed by atoms with van der Waals surface area (Å²) in [6, 6.07) is 3.54. The Morgan fingerprint density at radius 1 is 1.35 bits per heavy atom. The lowest BCUT2D eigenvalue weighted by atomic mass is 10.1. The highest BCUT2D eigenvalue weighted by Gasteiger charge is 2.00. The zero-order chi connectivity index (χ0) is 12.1. The molecule has 0 bridgehead atoms. The number of aryl methyl sites for hydroxylation is 2. The molecule has 0 unspecified atom stereocenters. The fourth-order valence-corrected chi connectivity index (χ4v) is 1.63. The first kappa shape index (κ1) is 11.9. The third-order valence-electron chi connectivity index (χ3n) is 2.50. The molecule has 2 heterocycles. The molecule has 2 aromatic heterocycles. The maximum atomic E-state index is 5.65. The van der Waals surface area contributed by atoms with Gasteiger partial charge in [-0.05, 0) is 37.5 Å². The molecule has 0 radical (unpaired) electrons. The van der Waals surface area contributed by atoms with Gasteiger partial charge < -0.3 is 5.32 Å². The predicted molar refractivity (Wildman–Crippen MR) is 67.2 cm³/mol. The smallest absolute Gasteiger partial charge is 0.151 e. The molecule has 0 aromatic carbocycles. The Bertz CT molecular complexity index is 465. The molecule has 0 spiro atoms. The third-order valence-corrected chi connectivity index (χ3v) is 2.70. The maximum absolute atomic E-state index is 5.65. The highest BCUT2D eigenvalue weighted by molar-refractivity contribution is 6.29. The number of hydrogen-bond donors (Lipinski definition) is 2. The van der Waals surface area contributed by atoms with Gasteiger partial charge in [0, 0.05) is 12.2 Å². The lowest BCUT2D eigenvalue weighted by molar-refractivity contribution is 0.848. The molecule has 0 aliphatic rings. The molecular weight excluding hydrogens is 238 g/mol. The third kappa shape index (κ3) is 3.42. The van der Waals surface area contributed by atoms with E-state index in [1.807, 2.05) is 19.2 Å². The summed E-state index contributed by atoms with van der Waals surface area (Å²) in [5.74, 6) is 0.748. The molecule has 5 nitrogen and oxygen atoms in total. The van der Waals surface area contributed by atoms with Crippen molar-refractivity contribution >= 4 is 17.4 Å². The summed E-state index contributed by atoms with van der Waals surface area (Å²) in [7, 11) is 0. The number of nitrogens with one attached hydrogen (secondary N) is 2. The number of nitrogens with zero attached hydrogens (tertiary/aromatic N) is 3. The fraction of sp³-hybridized carbons (Fsp3) is 0.364. The molecule has 0 aliphatic carbocycles. The van der Waals surface area contributed by atoms with Gasteiger partial charge in [0.1, 0.15) is 5.82 Å². The predicted octanol–water partition coefficient (Wildman–Crippen LogP) is 2.21. The van der Waals surface area contributed by atoms with E-state index in [0.29, 0.717) is 5.15 Å². The molecule has 0 atom stereocenters. The van der Waals surface area contributed by atoms with Gasteiger partial charge in [0.2, 0.25) is 0 Å². The Hall–Kier alpha value is -1.62. The van der Waals surface area contributed by atoms with E-state index in [1.54, 1.807) is 6.07 Å². The first-order chi connectivity index (χ1) is 8.25. The van der Waals surface area contributed by atoms with Crippen LogP contribution in [-0.2, 0) is 6.42 Å². The highest BCUT2D eigenvalue weighted by atomic mass is 35.5. The van der Waals surface area contributed by atoms with E-state index in [2.05, 4.69) is 25.7 Å². The van der Waals surface area contributed by atoms with E-state index in [-0.39, 0.29) is 0 Å². The Morgan fingerprint density at radius 2 is 2.24 bits per heavy atom. The van der Waals surface area contributed by atoms with Crippen LogP contribution in [0.15, 0.2) is 18.3 Å². The van der Waals surface area contributed by atoms with Gasteiger partial charge >= 0.3 is 0 Å². The van der Waals surface area contributed by atoms with Crippen LogP contribution in [-0.4, -0.2) is 26.9 Å². The number of halogens is 1. The molecule has 0 saturated carbocycles. The number of H-pyrrole nitrogens is 1. The van der Waals surface area contributed by atoms with Crippen LogP contribution in [0.2, 0.25) is 5.15 Å². The Morgan fingerprint density at radius 3 is 2.88 bits per heavy atom. The van der Waals surface area contributed by atoms with E-state index < -0.39 is 0 Å². The quantitative estimate of drug-likeness (QED) is 0.800. The van der Waals surface area contributed by atoms with Crippen LogP contribution in [0, 0.1) is 6.92 Å². The van der Waals surface area contributed by atoms with Crippen LogP contribution in [0.4, 0.5) is 5.82 Å².